The maximum absolute atomic E-state index is 12.0. The molecule has 0 aliphatic heterocycles. The largest absolute Gasteiger partial charge is 0.489 e. The number of amides is 1. The van der Waals surface area contributed by atoms with E-state index in [9.17, 15) is 4.79 Å². The molecule has 6 heteroatoms. The molecular formula is C18H18N4O2. The van der Waals surface area contributed by atoms with E-state index in [2.05, 4.69) is 15.6 Å². The number of aromatic nitrogens is 3. The minimum Gasteiger partial charge on any atom is -0.489 e. The molecule has 24 heavy (non-hydrogen) atoms. The van der Waals surface area contributed by atoms with Gasteiger partial charge in [0.15, 0.2) is 0 Å². The lowest BCUT2D eigenvalue weighted by Crippen LogP contribution is -2.20. The standard InChI is InChI=1S/C18H18N4O2/c1-14-11-19-21-22(14)12-18(23)20-16-7-9-17(10-8-16)24-13-15-5-3-2-4-6-15/h2-11H,12-13H2,1H3,(H,20,23). The van der Waals surface area contributed by atoms with Crippen molar-refractivity contribution in [1.82, 2.24) is 15.0 Å². The molecule has 0 radical (unpaired) electrons. The predicted octanol–water partition coefficient (Wildman–Crippen LogP) is 2.80. The highest BCUT2D eigenvalue weighted by Gasteiger charge is 2.06. The number of rotatable bonds is 6. The summed E-state index contributed by atoms with van der Waals surface area (Å²) in [4.78, 5) is 12.0. The molecule has 0 atom stereocenters. The van der Waals surface area contributed by atoms with Gasteiger partial charge in [0.05, 0.1) is 11.9 Å². The fourth-order valence-electron chi connectivity index (χ4n) is 2.18. The van der Waals surface area contributed by atoms with E-state index in [1.807, 2.05) is 61.5 Å². The van der Waals surface area contributed by atoms with Crippen LogP contribution in [0.3, 0.4) is 0 Å². The van der Waals surface area contributed by atoms with Crippen molar-refractivity contribution in [3.63, 3.8) is 0 Å². The van der Waals surface area contributed by atoms with Crippen molar-refractivity contribution in [2.75, 3.05) is 5.32 Å². The normalized spacial score (nSPS) is 10.4. The molecule has 6 nitrogen and oxygen atoms in total. The molecule has 3 aromatic rings. The summed E-state index contributed by atoms with van der Waals surface area (Å²) in [6, 6.07) is 17.3. The van der Waals surface area contributed by atoms with E-state index < -0.39 is 0 Å². The molecule has 1 N–H and O–H groups in total. The number of hydrogen-bond acceptors (Lipinski definition) is 4. The lowest BCUT2D eigenvalue weighted by Gasteiger charge is -2.09. The molecule has 1 heterocycles. The number of anilines is 1. The van der Waals surface area contributed by atoms with Crippen LogP contribution in [0.2, 0.25) is 0 Å². The summed E-state index contributed by atoms with van der Waals surface area (Å²) in [6.07, 6.45) is 1.62. The molecule has 0 aliphatic rings. The Balaban J connectivity index is 1.52. The molecule has 0 aliphatic carbocycles. The average Bonchev–Trinajstić information content (AvgIpc) is 3.00. The lowest BCUT2D eigenvalue weighted by atomic mass is 10.2. The zero-order valence-corrected chi connectivity index (χ0v) is 13.3. The third-order valence-corrected chi connectivity index (χ3v) is 3.49. The number of carbonyl (C=O) groups is 1. The van der Waals surface area contributed by atoms with Crippen LogP contribution in [0.4, 0.5) is 5.69 Å². The first-order valence-electron chi connectivity index (χ1n) is 7.62. The summed E-state index contributed by atoms with van der Waals surface area (Å²) in [5, 5.41) is 10.4. The molecule has 0 spiro atoms. The van der Waals surface area contributed by atoms with Gasteiger partial charge >= 0.3 is 0 Å². The summed E-state index contributed by atoms with van der Waals surface area (Å²) in [7, 11) is 0. The van der Waals surface area contributed by atoms with Gasteiger partial charge in [0.2, 0.25) is 5.91 Å². The molecule has 122 valence electrons. The molecule has 1 amide bonds. The number of carbonyl (C=O) groups excluding carboxylic acids is 1. The van der Waals surface area contributed by atoms with Crippen molar-refractivity contribution >= 4 is 11.6 Å². The predicted molar refractivity (Wildman–Crippen MR) is 90.6 cm³/mol. The van der Waals surface area contributed by atoms with Crippen molar-refractivity contribution in [2.45, 2.75) is 20.1 Å². The third kappa shape index (κ3) is 4.19. The van der Waals surface area contributed by atoms with Crippen LogP contribution in [0, 0.1) is 6.92 Å². The van der Waals surface area contributed by atoms with Gasteiger partial charge in [0.25, 0.3) is 0 Å². The monoisotopic (exact) mass is 322 g/mol. The highest BCUT2D eigenvalue weighted by Crippen LogP contribution is 2.17. The van der Waals surface area contributed by atoms with E-state index in [1.165, 1.54) is 0 Å². The van der Waals surface area contributed by atoms with Gasteiger partial charge in [-0.3, -0.25) is 4.79 Å². The first-order valence-corrected chi connectivity index (χ1v) is 7.62. The van der Waals surface area contributed by atoms with Crippen LogP contribution < -0.4 is 10.1 Å². The van der Waals surface area contributed by atoms with E-state index in [0.29, 0.717) is 12.3 Å². The van der Waals surface area contributed by atoms with Crippen LogP contribution in [-0.2, 0) is 17.9 Å². The Morgan fingerprint density at radius 1 is 1.12 bits per heavy atom. The maximum atomic E-state index is 12.0. The Labute approximate surface area is 140 Å². The number of nitrogens with zero attached hydrogens (tertiary/aromatic N) is 3. The van der Waals surface area contributed by atoms with Crippen LogP contribution in [-0.4, -0.2) is 20.9 Å². The molecule has 0 fully saturated rings. The first-order chi connectivity index (χ1) is 11.7. The Morgan fingerprint density at radius 2 is 1.88 bits per heavy atom. The third-order valence-electron chi connectivity index (χ3n) is 3.49. The fraction of sp³-hybridized carbons (Fsp3) is 0.167. The van der Waals surface area contributed by atoms with E-state index in [0.717, 1.165) is 17.0 Å². The quantitative estimate of drug-likeness (QED) is 0.757. The lowest BCUT2D eigenvalue weighted by molar-refractivity contribution is -0.117. The second-order valence-corrected chi connectivity index (χ2v) is 5.38. The fourth-order valence-corrected chi connectivity index (χ4v) is 2.18. The van der Waals surface area contributed by atoms with Gasteiger partial charge < -0.3 is 10.1 Å². The van der Waals surface area contributed by atoms with E-state index >= 15 is 0 Å². The van der Waals surface area contributed by atoms with Gasteiger partial charge in [-0.15, -0.1) is 5.10 Å². The smallest absolute Gasteiger partial charge is 0.246 e. The van der Waals surface area contributed by atoms with Crippen molar-refractivity contribution in [3.8, 4) is 5.75 Å². The van der Waals surface area contributed by atoms with Crippen molar-refractivity contribution < 1.29 is 9.53 Å². The van der Waals surface area contributed by atoms with Crippen LogP contribution >= 0.6 is 0 Å². The number of aryl methyl sites for hydroxylation is 1. The topological polar surface area (TPSA) is 69.0 Å². The molecular weight excluding hydrogens is 304 g/mol. The van der Waals surface area contributed by atoms with Gasteiger partial charge in [0.1, 0.15) is 18.9 Å². The molecule has 3 rings (SSSR count). The summed E-state index contributed by atoms with van der Waals surface area (Å²) in [5.41, 5.74) is 2.66. The summed E-state index contributed by atoms with van der Waals surface area (Å²) >= 11 is 0. The Bertz CT molecular complexity index is 797. The second kappa shape index (κ2) is 7.41. The van der Waals surface area contributed by atoms with E-state index in [1.54, 1.807) is 10.9 Å². The number of ether oxygens (including phenoxy) is 1. The molecule has 1 aromatic heterocycles. The highest BCUT2D eigenvalue weighted by molar-refractivity contribution is 5.90. The van der Waals surface area contributed by atoms with Gasteiger partial charge in [-0.05, 0) is 36.8 Å². The zero-order chi connectivity index (χ0) is 16.8. The summed E-state index contributed by atoms with van der Waals surface area (Å²) < 4.78 is 7.27. The summed E-state index contributed by atoms with van der Waals surface area (Å²) in [5.74, 6) is 0.602. The first kappa shape index (κ1) is 15.7. The maximum Gasteiger partial charge on any atom is 0.246 e. The number of hydrogen-bond donors (Lipinski definition) is 1. The van der Waals surface area contributed by atoms with Crippen molar-refractivity contribution in [3.05, 3.63) is 72.1 Å². The van der Waals surface area contributed by atoms with Gasteiger partial charge in [-0.1, -0.05) is 35.5 Å². The van der Waals surface area contributed by atoms with E-state index in [4.69, 9.17) is 4.74 Å². The Morgan fingerprint density at radius 3 is 2.54 bits per heavy atom. The van der Waals surface area contributed by atoms with Gasteiger partial charge in [-0.25, -0.2) is 4.68 Å². The molecule has 0 saturated heterocycles. The Kier molecular flexibility index (Phi) is 4.86. The molecule has 0 unspecified atom stereocenters. The van der Waals surface area contributed by atoms with Crippen molar-refractivity contribution in [2.24, 2.45) is 0 Å². The number of nitrogens with one attached hydrogen (secondary N) is 1. The van der Waals surface area contributed by atoms with Crippen LogP contribution in [0.25, 0.3) is 0 Å². The van der Waals surface area contributed by atoms with Crippen LogP contribution in [0.15, 0.2) is 60.8 Å². The molecule has 2 aromatic carbocycles. The Hall–Kier alpha value is -3.15. The molecule has 0 bridgehead atoms. The van der Waals surface area contributed by atoms with Gasteiger partial charge in [0, 0.05) is 5.69 Å². The zero-order valence-electron chi connectivity index (χ0n) is 13.3. The SMILES string of the molecule is Cc1cnnn1CC(=O)Nc1ccc(OCc2ccccc2)cc1. The van der Waals surface area contributed by atoms with Crippen molar-refractivity contribution in [1.29, 1.82) is 0 Å². The second-order valence-electron chi connectivity index (χ2n) is 5.38. The average molecular weight is 322 g/mol. The summed E-state index contributed by atoms with van der Waals surface area (Å²) in [6.45, 7) is 2.50. The molecule has 0 saturated carbocycles. The van der Waals surface area contributed by atoms with E-state index in [-0.39, 0.29) is 12.5 Å². The van der Waals surface area contributed by atoms with Crippen LogP contribution in [0.5, 0.6) is 5.75 Å². The minimum absolute atomic E-state index is 0.137. The highest BCUT2D eigenvalue weighted by atomic mass is 16.5. The van der Waals surface area contributed by atoms with Gasteiger partial charge in [-0.2, -0.15) is 0 Å². The minimum atomic E-state index is -0.151. The number of benzene rings is 2. The van der Waals surface area contributed by atoms with Crippen LogP contribution in [0.1, 0.15) is 11.3 Å².